The summed E-state index contributed by atoms with van der Waals surface area (Å²) in [7, 11) is 0. The SMILES string of the molecule is CC(C)N(CCO)c1c(C(N)=S)cnc2ccccc12. The van der Waals surface area contributed by atoms with Gasteiger partial charge in [0.1, 0.15) is 4.99 Å². The Morgan fingerprint density at radius 2 is 2.10 bits per heavy atom. The Labute approximate surface area is 124 Å². The highest BCUT2D eigenvalue weighted by atomic mass is 32.1. The summed E-state index contributed by atoms with van der Waals surface area (Å²) in [5, 5.41) is 10.3. The van der Waals surface area contributed by atoms with Crippen molar-refractivity contribution in [3.8, 4) is 0 Å². The van der Waals surface area contributed by atoms with Crippen molar-refractivity contribution >= 4 is 33.8 Å². The largest absolute Gasteiger partial charge is 0.395 e. The number of nitrogens with two attached hydrogens (primary N) is 1. The van der Waals surface area contributed by atoms with E-state index < -0.39 is 0 Å². The second kappa shape index (κ2) is 6.15. The van der Waals surface area contributed by atoms with Crippen molar-refractivity contribution in [3.05, 3.63) is 36.0 Å². The fourth-order valence-electron chi connectivity index (χ4n) is 2.35. The van der Waals surface area contributed by atoms with E-state index >= 15 is 0 Å². The Morgan fingerprint density at radius 1 is 1.40 bits per heavy atom. The molecule has 0 aliphatic rings. The molecule has 0 aliphatic carbocycles. The molecule has 2 rings (SSSR count). The van der Waals surface area contributed by atoms with E-state index in [1.807, 2.05) is 24.3 Å². The number of anilines is 1. The molecule has 1 heterocycles. The molecule has 0 amide bonds. The van der Waals surface area contributed by atoms with Gasteiger partial charge >= 0.3 is 0 Å². The zero-order valence-electron chi connectivity index (χ0n) is 11.7. The van der Waals surface area contributed by atoms with Gasteiger partial charge in [-0.2, -0.15) is 0 Å². The molecular formula is C15H19N3OS. The fourth-order valence-corrected chi connectivity index (χ4v) is 2.50. The summed E-state index contributed by atoms with van der Waals surface area (Å²) < 4.78 is 0. The average molecular weight is 289 g/mol. The van der Waals surface area contributed by atoms with E-state index in [4.69, 9.17) is 18.0 Å². The number of para-hydroxylation sites is 1. The Bertz CT molecular complexity index is 628. The highest BCUT2D eigenvalue weighted by molar-refractivity contribution is 7.80. The molecule has 4 nitrogen and oxygen atoms in total. The van der Waals surface area contributed by atoms with Crippen LogP contribution >= 0.6 is 12.2 Å². The number of benzene rings is 1. The molecule has 0 radical (unpaired) electrons. The van der Waals surface area contributed by atoms with Crippen molar-refractivity contribution in [2.24, 2.45) is 5.73 Å². The third-order valence-electron chi connectivity index (χ3n) is 3.26. The molecule has 1 aromatic carbocycles. The summed E-state index contributed by atoms with van der Waals surface area (Å²) in [4.78, 5) is 6.84. The van der Waals surface area contributed by atoms with Crippen molar-refractivity contribution in [1.82, 2.24) is 4.98 Å². The summed E-state index contributed by atoms with van der Waals surface area (Å²) in [6.07, 6.45) is 1.72. The summed E-state index contributed by atoms with van der Waals surface area (Å²) in [6.45, 7) is 4.76. The predicted molar refractivity (Wildman–Crippen MR) is 87.2 cm³/mol. The van der Waals surface area contributed by atoms with E-state index in [2.05, 4.69) is 23.7 Å². The summed E-state index contributed by atoms with van der Waals surface area (Å²) in [5.74, 6) is 0. The zero-order valence-corrected chi connectivity index (χ0v) is 12.5. The molecule has 3 N–H and O–H groups in total. The van der Waals surface area contributed by atoms with Crippen molar-refractivity contribution in [1.29, 1.82) is 0 Å². The van der Waals surface area contributed by atoms with Gasteiger partial charge in [0.25, 0.3) is 0 Å². The van der Waals surface area contributed by atoms with Crippen LogP contribution in [0.1, 0.15) is 19.4 Å². The molecule has 0 fully saturated rings. The number of pyridine rings is 1. The quantitative estimate of drug-likeness (QED) is 0.825. The molecule has 1 aromatic heterocycles. The van der Waals surface area contributed by atoms with Gasteiger partial charge in [-0.1, -0.05) is 30.4 Å². The Morgan fingerprint density at radius 3 is 2.70 bits per heavy atom. The maximum Gasteiger partial charge on any atom is 0.107 e. The normalized spacial score (nSPS) is 11.0. The molecular weight excluding hydrogens is 270 g/mol. The molecule has 5 heteroatoms. The molecule has 0 saturated carbocycles. The van der Waals surface area contributed by atoms with Gasteiger partial charge < -0.3 is 15.7 Å². The molecule has 20 heavy (non-hydrogen) atoms. The first-order valence-electron chi connectivity index (χ1n) is 6.61. The van der Waals surface area contributed by atoms with E-state index in [1.165, 1.54) is 0 Å². The van der Waals surface area contributed by atoms with Crippen LogP contribution in [0, 0.1) is 0 Å². The van der Waals surface area contributed by atoms with Crippen LogP contribution < -0.4 is 10.6 Å². The Kier molecular flexibility index (Phi) is 4.52. The van der Waals surface area contributed by atoms with Gasteiger partial charge in [0.2, 0.25) is 0 Å². The number of aromatic nitrogens is 1. The number of nitrogens with zero attached hydrogens (tertiary/aromatic N) is 2. The van der Waals surface area contributed by atoms with E-state index in [0.717, 1.165) is 22.2 Å². The van der Waals surface area contributed by atoms with Crippen LogP contribution in [0.25, 0.3) is 10.9 Å². The van der Waals surface area contributed by atoms with Crippen LogP contribution in [0.3, 0.4) is 0 Å². The topological polar surface area (TPSA) is 62.4 Å². The predicted octanol–water partition coefficient (Wildman–Crippen LogP) is 2.08. The van der Waals surface area contributed by atoms with Gasteiger partial charge in [-0.15, -0.1) is 0 Å². The minimum Gasteiger partial charge on any atom is -0.395 e. The smallest absolute Gasteiger partial charge is 0.107 e. The average Bonchev–Trinajstić information content (AvgIpc) is 2.43. The van der Waals surface area contributed by atoms with E-state index in [-0.39, 0.29) is 12.6 Å². The van der Waals surface area contributed by atoms with Gasteiger partial charge in [0.15, 0.2) is 0 Å². The van der Waals surface area contributed by atoms with Crippen molar-refractivity contribution < 1.29 is 5.11 Å². The zero-order chi connectivity index (χ0) is 14.7. The lowest BCUT2D eigenvalue weighted by atomic mass is 10.1. The summed E-state index contributed by atoms with van der Waals surface area (Å²) in [6, 6.07) is 8.10. The second-order valence-electron chi connectivity index (χ2n) is 4.91. The summed E-state index contributed by atoms with van der Waals surface area (Å²) >= 11 is 5.15. The van der Waals surface area contributed by atoms with Gasteiger partial charge in [-0.05, 0) is 19.9 Å². The highest BCUT2D eigenvalue weighted by Crippen LogP contribution is 2.30. The van der Waals surface area contributed by atoms with Crippen LogP contribution in [0.4, 0.5) is 5.69 Å². The molecule has 106 valence electrons. The number of thiocarbonyl (C=S) groups is 1. The number of hydrogen-bond donors (Lipinski definition) is 2. The minimum absolute atomic E-state index is 0.0750. The summed E-state index contributed by atoms with van der Waals surface area (Å²) in [5.41, 5.74) is 8.44. The third-order valence-corrected chi connectivity index (χ3v) is 3.48. The van der Waals surface area contributed by atoms with Gasteiger partial charge in [-0.3, -0.25) is 4.98 Å². The van der Waals surface area contributed by atoms with Crippen LogP contribution in [0.5, 0.6) is 0 Å². The fraction of sp³-hybridized carbons (Fsp3) is 0.333. The van der Waals surface area contributed by atoms with Crippen LogP contribution in [0.2, 0.25) is 0 Å². The Hall–Kier alpha value is -1.72. The lowest BCUT2D eigenvalue weighted by molar-refractivity contribution is 0.299. The first-order chi connectivity index (χ1) is 9.56. The molecule has 0 atom stereocenters. The van der Waals surface area contributed by atoms with Crippen molar-refractivity contribution in [2.75, 3.05) is 18.1 Å². The number of fused-ring (bicyclic) bond motifs is 1. The molecule has 0 spiro atoms. The molecule has 0 aliphatic heterocycles. The van der Waals surface area contributed by atoms with Crippen LogP contribution in [-0.2, 0) is 0 Å². The number of rotatable bonds is 5. The van der Waals surface area contributed by atoms with Gasteiger partial charge in [-0.25, -0.2) is 0 Å². The van der Waals surface area contributed by atoms with Crippen molar-refractivity contribution in [3.63, 3.8) is 0 Å². The lowest BCUT2D eigenvalue weighted by Gasteiger charge is -2.31. The monoisotopic (exact) mass is 289 g/mol. The number of aliphatic hydroxyl groups excluding tert-OH is 1. The molecule has 0 bridgehead atoms. The minimum atomic E-state index is 0.0750. The number of hydrogen-bond acceptors (Lipinski definition) is 4. The van der Waals surface area contributed by atoms with E-state index in [1.54, 1.807) is 6.20 Å². The molecule has 2 aromatic rings. The van der Waals surface area contributed by atoms with E-state index in [0.29, 0.717) is 11.5 Å². The first-order valence-corrected chi connectivity index (χ1v) is 7.02. The standard InChI is InChI=1S/C15H19N3OS/c1-10(2)18(7-8-19)14-11-5-3-4-6-13(11)17-9-12(14)15(16)20/h3-6,9-10,19H,7-8H2,1-2H3,(H2,16,20). The molecule has 0 saturated heterocycles. The van der Waals surface area contributed by atoms with Crippen LogP contribution in [-0.4, -0.2) is 34.3 Å². The van der Waals surface area contributed by atoms with Crippen molar-refractivity contribution in [2.45, 2.75) is 19.9 Å². The van der Waals surface area contributed by atoms with Gasteiger partial charge in [0.05, 0.1) is 23.4 Å². The Balaban J connectivity index is 2.74. The third kappa shape index (κ3) is 2.73. The second-order valence-corrected chi connectivity index (χ2v) is 5.35. The maximum atomic E-state index is 9.33. The van der Waals surface area contributed by atoms with Gasteiger partial charge in [0, 0.05) is 24.2 Å². The molecule has 0 unspecified atom stereocenters. The lowest BCUT2D eigenvalue weighted by Crippen LogP contribution is -2.35. The van der Waals surface area contributed by atoms with E-state index in [9.17, 15) is 5.11 Å². The first kappa shape index (κ1) is 14.7. The highest BCUT2D eigenvalue weighted by Gasteiger charge is 2.19. The van der Waals surface area contributed by atoms with Crippen LogP contribution in [0.15, 0.2) is 30.5 Å². The number of aliphatic hydroxyl groups is 1. The maximum absolute atomic E-state index is 9.33.